The van der Waals surface area contributed by atoms with Crippen LogP contribution in [-0.4, -0.2) is 6.54 Å². The first-order valence-corrected chi connectivity index (χ1v) is 7.52. The maximum Gasteiger partial charge on any atom is 0.0406 e. The number of hydrogen-bond acceptors (Lipinski definition) is 1. The molecule has 2 rings (SSSR count). The summed E-state index contributed by atoms with van der Waals surface area (Å²) >= 11 is 5.87. The van der Waals surface area contributed by atoms with Crippen molar-refractivity contribution in [2.45, 2.75) is 44.9 Å². The first-order valence-electron chi connectivity index (χ1n) is 7.14. The van der Waals surface area contributed by atoms with E-state index in [1.807, 2.05) is 12.1 Å². The Morgan fingerprint density at radius 3 is 2.67 bits per heavy atom. The maximum absolute atomic E-state index is 5.87. The molecule has 0 spiro atoms. The molecule has 18 heavy (non-hydrogen) atoms. The van der Waals surface area contributed by atoms with Gasteiger partial charge in [-0.15, -0.1) is 0 Å². The van der Waals surface area contributed by atoms with E-state index < -0.39 is 0 Å². The van der Waals surface area contributed by atoms with E-state index >= 15 is 0 Å². The van der Waals surface area contributed by atoms with Crippen molar-refractivity contribution in [1.29, 1.82) is 0 Å². The van der Waals surface area contributed by atoms with Gasteiger partial charge in [0.05, 0.1) is 0 Å². The van der Waals surface area contributed by atoms with Crippen molar-refractivity contribution in [3.63, 3.8) is 0 Å². The second kappa shape index (κ2) is 7.81. The minimum absolute atomic E-state index is 0.834. The third-order valence-electron chi connectivity index (χ3n) is 3.78. The van der Waals surface area contributed by atoms with Crippen molar-refractivity contribution in [2.24, 2.45) is 5.92 Å². The molecule has 2 heteroatoms. The average Bonchev–Trinajstić information content (AvgIpc) is 2.42. The van der Waals surface area contributed by atoms with Crippen molar-refractivity contribution < 1.29 is 0 Å². The second-order valence-corrected chi connectivity index (χ2v) is 5.71. The lowest BCUT2D eigenvalue weighted by Crippen LogP contribution is -2.23. The van der Waals surface area contributed by atoms with Gasteiger partial charge in [-0.2, -0.15) is 0 Å². The van der Waals surface area contributed by atoms with Crippen LogP contribution in [0.2, 0.25) is 5.02 Å². The summed E-state index contributed by atoms with van der Waals surface area (Å²) in [7, 11) is 0. The van der Waals surface area contributed by atoms with Gasteiger partial charge in [-0.1, -0.05) is 43.0 Å². The topological polar surface area (TPSA) is 12.0 Å². The molecule has 1 nitrogen and oxygen atoms in total. The minimum atomic E-state index is 0.834. The van der Waals surface area contributed by atoms with Crippen molar-refractivity contribution in [3.05, 3.63) is 41.4 Å². The van der Waals surface area contributed by atoms with Crippen molar-refractivity contribution >= 4 is 11.6 Å². The van der Waals surface area contributed by atoms with Crippen LogP contribution in [0, 0.1) is 12.5 Å². The molecular weight excluding hydrogens is 242 g/mol. The molecule has 0 amide bonds. The lowest BCUT2D eigenvalue weighted by molar-refractivity contribution is 0.373. The highest BCUT2D eigenvalue weighted by molar-refractivity contribution is 6.30. The molecule has 1 saturated heterocycles. The van der Waals surface area contributed by atoms with E-state index in [-0.39, 0.29) is 0 Å². The van der Waals surface area contributed by atoms with Crippen LogP contribution in [0.5, 0.6) is 0 Å². The molecule has 1 N–H and O–H groups in total. The summed E-state index contributed by atoms with van der Waals surface area (Å²) < 4.78 is 0. The predicted molar refractivity (Wildman–Crippen MR) is 78.7 cm³/mol. The number of piperidine rings is 1. The van der Waals surface area contributed by atoms with Crippen molar-refractivity contribution in [3.8, 4) is 0 Å². The second-order valence-electron chi connectivity index (χ2n) is 5.27. The molecule has 1 unspecified atom stereocenters. The average molecular weight is 265 g/mol. The molecule has 0 aromatic heterocycles. The summed E-state index contributed by atoms with van der Waals surface area (Å²) in [6.07, 6.45) is 9.24. The highest BCUT2D eigenvalue weighted by Gasteiger charge is 2.12. The Labute approximate surface area is 116 Å². The maximum atomic E-state index is 5.87. The van der Waals surface area contributed by atoms with Gasteiger partial charge in [0.2, 0.25) is 0 Å². The molecule has 1 aliphatic rings. The van der Waals surface area contributed by atoms with E-state index in [1.165, 1.54) is 57.1 Å². The molecule has 99 valence electrons. The van der Waals surface area contributed by atoms with Crippen LogP contribution in [0.4, 0.5) is 0 Å². The predicted octanol–water partition coefficient (Wildman–Crippen LogP) is 4.60. The third-order valence-corrected chi connectivity index (χ3v) is 4.04. The van der Waals surface area contributed by atoms with Crippen LogP contribution >= 0.6 is 11.6 Å². The summed E-state index contributed by atoms with van der Waals surface area (Å²) in [5.74, 6) is 0.932. The Balaban J connectivity index is 1.54. The van der Waals surface area contributed by atoms with Crippen molar-refractivity contribution in [2.75, 3.05) is 6.54 Å². The van der Waals surface area contributed by atoms with E-state index in [9.17, 15) is 0 Å². The molecule has 1 radical (unpaired) electrons. The first-order chi connectivity index (χ1) is 8.84. The summed E-state index contributed by atoms with van der Waals surface area (Å²) in [6.45, 7) is 3.41. The number of rotatable bonds is 6. The van der Waals surface area contributed by atoms with Gasteiger partial charge in [0.1, 0.15) is 0 Å². The van der Waals surface area contributed by atoms with Gasteiger partial charge in [-0.25, -0.2) is 0 Å². The molecule has 1 aromatic carbocycles. The van der Waals surface area contributed by atoms with Crippen LogP contribution < -0.4 is 5.32 Å². The molecule has 1 atom stereocenters. The van der Waals surface area contributed by atoms with E-state index in [0.29, 0.717) is 0 Å². The number of hydrogen-bond donors (Lipinski definition) is 1. The standard InChI is InChI=1S/C16H23ClN/c17-16-8-6-14(7-9-16)4-2-1-3-5-15-10-12-18-13-11-15/h6-9,12,15,18H,1-5,10-11,13H2. The number of nitrogens with one attached hydrogen (secondary N) is 1. The highest BCUT2D eigenvalue weighted by Crippen LogP contribution is 2.21. The summed E-state index contributed by atoms with van der Waals surface area (Å²) in [5, 5.41) is 4.14. The lowest BCUT2D eigenvalue weighted by Gasteiger charge is -2.21. The van der Waals surface area contributed by atoms with E-state index in [2.05, 4.69) is 24.0 Å². The Morgan fingerprint density at radius 1 is 1.11 bits per heavy atom. The molecule has 1 aliphatic heterocycles. The Kier molecular flexibility index (Phi) is 6.02. The quantitative estimate of drug-likeness (QED) is 0.740. The Hall–Kier alpha value is -0.530. The normalized spacial score (nSPS) is 16.9. The lowest BCUT2D eigenvalue weighted by atomic mass is 9.92. The fourth-order valence-corrected chi connectivity index (χ4v) is 2.74. The Morgan fingerprint density at radius 2 is 1.94 bits per heavy atom. The number of aryl methyl sites for hydroxylation is 1. The molecule has 0 bridgehead atoms. The van der Waals surface area contributed by atoms with Crippen LogP contribution in [0.15, 0.2) is 24.3 Å². The van der Waals surface area contributed by atoms with E-state index in [1.54, 1.807) is 0 Å². The number of benzene rings is 1. The zero-order valence-electron chi connectivity index (χ0n) is 11.0. The van der Waals surface area contributed by atoms with Gasteiger partial charge in [-0.05, 0) is 55.8 Å². The largest absolute Gasteiger partial charge is 0.312 e. The van der Waals surface area contributed by atoms with Crippen LogP contribution in [0.25, 0.3) is 0 Å². The minimum Gasteiger partial charge on any atom is -0.312 e. The third kappa shape index (κ3) is 4.99. The molecule has 0 saturated carbocycles. The SMILES string of the molecule is Clc1ccc(CCCCCC2C[CH]NCC2)cc1. The number of unbranched alkanes of at least 4 members (excludes halogenated alkanes) is 2. The van der Waals surface area contributed by atoms with E-state index in [0.717, 1.165) is 10.9 Å². The summed E-state index contributed by atoms with van der Waals surface area (Å²) in [4.78, 5) is 0. The van der Waals surface area contributed by atoms with Gasteiger partial charge >= 0.3 is 0 Å². The molecule has 1 aromatic rings. The zero-order valence-corrected chi connectivity index (χ0v) is 11.8. The highest BCUT2D eigenvalue weighted by atomic mass is 35.5. The molecule has 0 aliphatic carbocycles. The van der Waals surface area contributed by atoms with Gasteiger partial charge in [-0.3, -0.25) is 0 Å². The summed E-state index contributed by atoms with van der Waals surface area (Å²) in [6, 6.07) is 8.26. The smallest absolute Gasteiger partial charge is 0.0406 e. The monoisotopic (exact) mass is 264 g/mol. The fraction of sp³-hybridized carbons (Fsp3) is 0.562. The number of halogens is 1. The zero-order chi connectivity index (χ0) is 12.6. The van der Waals surface area contributed by atoms with Crippen LogP contribution in [0.3, 0.4) is 0 Å². The molecule has 1 heterocycles. The Bertz CT molecular complexity index is 327. The van der Waals surface area contributed by atoms with Gasteiger partial charge in [0.15, 0.2) is 0 Å². The fourth-order valence-electron chi connectivity index (χ4n) is 2.61. The van der Waals surface area contributed by atoms with Crippen molar-refractivity contribution in [1.82, 2.24) is 5.32 Å². The van der Waals surface area contributed by atoms with Gasteiger partial charge in [0, 0.05) is 11.6 Å². The van der Waals surface area contributed by atoms with Crippen LogP contribution in [-0.2, 0) is 6.42 Å². The van der Waals surface area contributed by atoms with E-state index in [4.69, 9.17) is 11.6 Å². The van der Waals surface area contributed by atoms with Gasteiger partial charge in [0.25, 0.3) is 0 Å². The molecular formula is C16H23ClN. The van der Waals surface area contributed by atoms with Crippen LogP contribution in [0.1, 0.15) is 44.1 Å². The molecule has 1 fully saturated rings. The van der Waals surface area contributed by atoms with Gasteiger partial charge < -0.3 is 5.32 Å². The first kappa shape index (κ1) is 13.9. The summed E-state index contributed by atoms with van der Waals surface area (Å²) in [5.41, 5.74) is 1.41.